The topological polar surface area (TPSA) is 57.9 Å². The number of hydrogen-bond acceptors (Lipinski definition) is 3. The van der Waals surface area contributed by atoms with Crippen LogP contribution in [-0.4, -0.2) is 14.7 Å². The molecule has 0 fully saturated rings. The Balaban J connectivity index is 2.49. The molecule has 2 aromatic carbocycles. The Morgan fingerprint density at radius 1 is 1.00 bits per heavy atom. The molecule has 0 radical (unpaired) electrons. The van der Waals surface area contributed by atoms with E-state index in [1.54, 1.807) is 12.1 Å². The van der Waals surface area contributed by atoms with Crippen LogP contribution in [0.1, 0.15) is 16.7 Å². The van der Waals surface area contributed by atoms with E-state index in [2.05, 4.69) is 6.07 Å². The molecule has 22 heavy (non-hydrogen) atoms. The van der Waals surface area contributed by atoms with Gasteiger partial charge in [0, 0.05) is 6.26 Å². The van der Waals surface area contributed by atoms with Crippen LogP contribution in [0, 0.1) is 18.3 Å². The van der Waals surface area contributed by atoms with Crippen molar-refractivity contribution in [2.75, 3.05) is 6.26 Å². The zero-order valence-electron chi connectivity index (χ0n) is 12.2. The summed E-state index contributed by atoms with van der Waals surface area (Å²) in [5, 5.41) is 9.67. The Hall–Kier alpha value is -2.09. The van der Waals surface area contributed by atoms with E-state index in [1.807, 2.05) is 31.2 Å². The van der Waals surface area contributed by atoms with Gasteiger partial charge in [-0.2, -0.15) is 5.26 Å². The Morgan fingerprint density at radius 3 is 1.95 bits per heavy atom. The van der Waals surface area contributed by atoms with Crippen LogP contribution in [0.2, 0.25) is 0 Å². The molecule has 0 N–H and O–H groups in total. The molecular weight excluding hydrogens is 318 g/mol. The van der Waals surface area contributed by atoms with Gasteiger partial charge in [-0.3, -0.25) is 0 Å². The number of nitrogens with zero attached hydrogens (tertiary/aromatic N) is 1. The third-order valence-electron chi connectivity index (χ3n) is 3.21. The Kier molecular flexibility index (Phi) is 4.70. The lowest BCUT2D eigenvalue weighted by Gasteiger charge is -2.06. The molecule has 0 saturated heterocycles. The number of rotatable bonds is 3. The van der Waals surface area contributed by atoms with Gasteiger partial charge in [-0.05, 0) is 30.2 Å². The lowest BCUT2D eigenvalue weighted by molar-refractivity contribution is 0.602. The summed E-state index contributed by atoms with van der Waals surface area (Å²) in [6.45, 7) is 1.96. The molecule has 112 valence electrons. The molecule has 0 aliphatic carbocycles. The van der Waals surface area contributed by atoms with Crippen LogP contribution in [-0.2, 0) is 9.84 Å². The first-order valence-electron chi connectivity index (χ1n) is 6.50. The lowest BCUT2D eigenvalue weighted by Crippen LogP contribution is -1.96. The quantitative estimate of drug-likeness (QED) is 0.630. The van der Waals surface area contributed by atoms with E-state index in [-0.39, 0.29) is 4.90 Å². The fraction of sp³-hybridized carbons (Fsp3) is 0.118. The van der Waals surface area contributed by atoms with Gasteiger partial charge in [0.25, 0.3) is 0 Å². The second kappa shape index (κ2) is 6.35. The van der Waals surface area contributed by atoms with Gasteiger partial charge in [-0.25, -0.2) is 8.42 Å². The molecule has 5 heteroatoms. The first kappa shape index (κ1) is 16.3. The maximum absolute atomic E-state index is 11.5. The first-order chi connectivity index (χ1) is 10.3. The number of benzene rings is 2. The zero-order valence-corrected chi connectivity index (χ0v) is 13.7. The molecule has 0 bridgehead atoms. The SMILES string of the molecule is Cc1ccc(/C(C#N)=C(/Cl)c2ccc(S(C)(=O)=O)cc2)cc1. The van der Waals surface area contributed by atoms with E-state index in [9.17, 15) is 13.7 Å². The van der Waals surface area contributed by atoms with Crippen molar-refractivity contribution in [2.45, 2.75) is 11.8 Å². The highest BCUT2D eigenvalue weighted by Gasteiger charge is 2.11. The minimum atomic E-state index is -3.25. The molecule has 0 aliphatic rings. The van der Waals surface area contributed by atoms with Gasteiger partial charge >= 0.3 is 0 Å². The predicted molar refractivity (Wildman–Crippen MR) is 89.0 cm³/mol. The fourth-order valence-electron chi connectivity index (χ4n) is 1.95. The standard InChI is InChI=1S/C17H14ClNO2S/c1-12-3-5-13(6-4-12)16(11-19)17(18)14-7-9-15(10-8-14)22(2,20)21/h3-10H,1-2H3/b17-16+. The van der Waals surface area contributed by atoms with Crippen molar-refractivity contribution < 1.29 is 8.42 Å². The second-order valence-corrected chi connectivity index (χ2v) is 7.36. The smallest absolute Gasteiger partial charge is 0.175 e. The van der Waals surface area contributed by atoms with Crippen LogP contribution in [0.5, 0.6) is 0 Å². The van der Waals surface area contributed by atoms with Crippen LogP contribution < -0.4 is 0 Å². The summed E-state index contributed by atoms with van der Waals surface area (Å²) in [5.41, 5.74) is 2.78. The molecule has 0 amide bonds. The normalized spacial score (nSPS) is 12.5. The van der Waals surface area contributed by atoms with E-state index < -0.39 is 9.84 Å². The van der Waals surface area contributed by atoms with Crippen LogP contribution in [0.4, 0.5) is 0 Å². The highest BCUT2D eigenvalue weighted by atomic mass is 35.5. The Labute approximate surface area is 135 Å². The van der Waals surface area contributed by atoms with Crippen LogP contribution in [0.15, 0.2) is 53.4 Å². The number of halogens is 1. The Bertz CT molecular complexity index is 858. The highest BCUT2D eigenvalue weighted by molar-refractivity contribution is 7.90. The molecule has 3 nitrogen and oxygen atoms in total. The van der Waals surface area contributed by atoms with E-state index in [0.29, 0.717) is 16.2 Å². The first-order valence-corrected chi connectivity index (χ1v) is 8.77. The number of allylic oxidation sites excluding steroid dienone is 1. The molecule has 2 aromatic rings. The van der Waals surface area contributed by atoms with E-state index in [4.69, 9.17) is 11.6 Å². The number of nitriles is 1. The molecule has 0 aromatic heterocycles. The molecular formula is C17H14ClNO2S. The number of hydrogen-bond donors (Lipinski definition) is 0. The zero-order chi connectivity index (χ0) is 16.3. The molecule has 0 saturated carbocycles. The van der Waals surface area contributed by atoms with Crippen molar-refractivity contribution in [2.24, 2.45) is 0 Å². The van der Waals surface area contributed by atoms with Crippen molar-refractivity contribution in [3.05, 3.63) is 65.2 Å². The van der Waals surface area contributed by atoms with Gasteiger partial charge in [0.2, 0.25) is 0 Å². The van der Waals surface area contributed by atoms with Crippen molar-refractivity contribution in [1.82, 2.24) is 0 Å². The second-order valence-electron chi connectivity index (χ2n) is 4.96. The minimum Gasteiger partial charge on any atom is -0.224 e. The predicted octanol–water partition coefficient (Wildman–Crippen LogP) is 4.03. The van der Waals surface area contributed by atoms with Gasteiger partial charge in [0.1, 0.15) is 6.07 Å². The van der Waals surface area contributed by atoms with E-state index >= 15 is 0 Å². The summed E-state index contributed by atoms with van der Waals surface area (Å²) in [7, 11) is -3.25. The van der Waals surface area contributed by atoms with E-state index in [0.717, 1.165) is 17.4 Å². The average molecular weight is 332 g/mol. The number of aryl methyl sites for hydroxylation is 1. The third-order valence-corrected chi connectivity index (χ3v) is 4.74. The maximum Gasteiger partial charge on any atom is 0.175 e. The van der Waals surface area contributed by atoms with Crippen LogP contribution in [0.25, 0.3) is 10.6 Å². The summed E-state index contributed by atoms with van der Waals surface area (Å²) in [6.07, 6.45) is 1.15. The molecule has 0 aliphatic heterocycles. The maximum atomic E-state index is 11.5. The van der Waals surface area contributed by atoms with Gasteiger partial charge in [0.15, 0.2) is 9.84 Å². The van der Waals surface area contributed by atoms with Crippen LogP contribution in [0.3, 0.4) is 0 Å². The molecule has 0 atom stereocenters. The summed E-state index contributed by atoms with van der Waals surface area (Å²) in [4.78, 5) is 0.217. The van der Waals surface area contributed by atoms with E-state index in [1.165, 1.54) is 12.1 Å². The van der Waals surface area contributed by atoms with Gasteiger partial charge in [-0.15, -0.1) is 0 Å². The molecule has 0 unspecified atom stereocenters. The summed E-state index contributed by atoms with van der Waals surface area (Å²) in [5.74, 6) is 0. The van der Waals surface area contributed by atoms with Crippen molar-refractivity contribution in [3.8, 4) is 6.07 Å². The third kappa shape index (κ3) is 3.56. The van der Waals surface area contributed by atoms with Crippen molar-refractivity contribution in [3.63, 3.8) is 0 Å². The average Bonchev–Trinajstić information content (AvgIpc) is 2.49. The minimum absolute atomic E-state index is 0.217. The summed E-state index contributed by atoms with van der Waals surface area (Å²) < 4.78 is 22.9. The van der Waals surface area contributed by atoms with Gasteiger partial charge in [0.05, 0.1) is 15.5 Å². The van der Waals surface area contributed by atoms with Crippen molar-refractivity contribution in [1.29, 1.82) is 5.26 Å². The molecule has 0 spiro atoms. The van der Waals surface area contributed by atoms with Crippen molar-refractivity contribution >= 4 is 32.0 Å². The molecule has 0 heterocycles. The monoisotopic (exact) mass is 331 g/mol. The summed E-state index contributed by atoms with van der Waals surface area (Å²) >= 11 is 6.32. The van der Waals surface area contributed by atoms with Gasteiger partial charge < -0.3 is 0 Å². The lowest BCUT2D eigenvalue weighted by atomic mass is 10.0. The van der Waals surface area contributed by atoms with Gasteiger partial charge in [-0.1, -0.05) is 53.6 Å². The highest BCUT2D eigenvalue weighted by Crippen LogP contribution is 2.30. The number of sulfone groups is 1. The fourth-order valence-corrected chi connectivity index (χ4v) is 2.86. The summed E-state index contributed by atoms with van der Waals surface area (Å²) in [6, 6.07) is 15.8. The molecule has 2 rings (SSSR count). The largest absolute Gasteiger partial charge is 0.224 e. The Morgan fingerprint density at radius 2 is 1.50 bits per heavy atom. The van der Waals surface area contributed by atoms with Crippen LogP contribution >= 0.6 is 11.6 Å².